The second-order valence-electron chi connectivity index (χ2n) is 2.74. The first-order valence-electron chi connectivity index (χ1n) is 3.73. The summed E-state index contributed by atoms with van der Waals surface area (Å²) in [5.74, 6) is 9.04. The zero-order valence-corrected chi connectivity index (χ0v) is 6.27. The average molecular weight is 130 g/mol. The minimum atomic E-state index is 1.04. The lowest BCUT2D eigenvalue weighted by atomic mass is 9.91. The van der Waals surface area contributed by atoms with Crippen LogP contribution in [0.25, 0.3) is 0 Å². The minimum absolute atomic E-state index is 1.04. The summed E-state index contributed by atoms with van der Waals surface area (Å²) < 4.78 is 0. The van der Waals surface area contributed by atoms with Gasteiger partial charge in [0.25, 0.3) is 0 Å². The second kappa shape index (κ2) is 6.05. The van der Waals surface area contributed by atoms with E-state index in [-0.39, 0.29) is 0 Å². The fourth-order valence-electron chi connectivity index (χ4n) is 1.31. The Bertz CT molecular complexity index is 48.9. The molecule has 2 heteroatoms. The molecular formula is C7H18N2. The number of hydrogen-bond acceptors (Lipinski definition) is 2. The third kappa shape index (κ3) is 4.43. The van der Waals surface area contributed by atoms with Crippen LogP contribution >= 0.6 is 0 Å². The molecule has 0 atom stereocenters. The van der Waals surface area contributed by atoms with Crippen LogP contribution in [0.15, 0.2) is 0 Å². The summed E-state index contributed by atoms with van der Waals surface area (Å²) in [6.45, 7) is 2.36. The van der Waals surface area contributed by atoms with Crippen molar-refractivity contribution in [3.05, 3.63) is 0 Å². The number of nitrogens with two attached hydrogens (primary N) is 2. The molecule has 0 aliphatic heterocycles. The van der Waals surface area contributed by atoms with Gasteiger partial charge in [-0.05, 0) is 5.92 Å². The zero-order chi connectivity index (χ0) is 7.11. The lowest BCUT2D eigenvalue weighted by molar-refractivity contribution is 0.385. The van der Waals surface area contributed by atoms with E-state index < -0.39 is 0 Å². The summed E-state index contributed by atoms with van der Waals surface area (Å²) in [4.78, 5) is 0. The molecular weight excluding hydrogens is 112 g/mol. The van der Waals surface area contributed by atoms with Crippen molar-refractivity contribution in [2.24, 2.45) is 17.6 Å². The van der Waals surface area contributed by atoms with Gasteiger partial charge in [0.15, 0.2) is 0 Å². The smallest absolute Gasteiger partial charge is 0.0443 e. The quantitative estimate of drug-likeness (QED) is 0.385. The molecule has 4 N–H and O–H groups in total. The fourth-order valence-corrected chi connectivity index (χ4v) is 1.31. The van der Waals surface area contributed by atoms with Crippen LogP contribution in [0.3, 0.4) is 0 Å². The standard InChI is InChI=1S/C7H14.H4N2/c1-7-5-3-2-4-6-7;1-2/h7H,2-6H2,1H3;1-2H2. The highest BCUT2D eigenvalue weighted by Crippen LogP contribution is 2.21. The molecule has 1 aliphatic carbocycles. The maximum atomic E-state index is 4.00. The van der Waals surface area contributed by atoms with E-state index >= 15 is 0 Å². The Morgan fingerprint density at radius 3 is 1.67 bits per heavy atom. The summed E-state index contributed by atoms with van der Waals surface area (Å²) in [5, 5.41) is 0. The van der Waals surface area contributed by atoms with Crippen molar-refractivity contribution < 1.29 is 0 Å². The average Bonchev–Trinajstić information content (AvgIpc) is 1.94. The van der Waals surface area contributed by atoms with Gasteiger partial charge in [-0.25, -0.2) is 0 Å². The Morgan fingerprint density at radius 1 is 1.00 bits per heavy atom. The van der Waals surface area contributed by atoms with E-state index in [0.29, 0.717) is 0 Å². The van der Waals surface area contributed by atoms with Gasteiger partial charge in [0.05, 0.1) is 0 Å². The molecule has 0 aromatic rings. The molecule has 2 nitrogen and oxygen atoms in total. The largest absolute Gasteiger partial charge is 0.274 e. The molecule has 0 amide bonds. The summed E-state index contributed by atoms with van der Waals surface area (Å²) in [6.07, 6.45) is 7.44. The molecule has 0 heterocycles. The third-order valence-corrected chi connectivity index (χ3v) is 1.89. The highest BCUT2D eigenvalue weighted by atomic mass is 15.0. The summed E-state index contributed by atoms with van der Waals surface area (Å²) in [6, 6.07) is 0. The molecule has 9 heavy (non-hydrogen) atoms. The molecule has 56 valence electrons. The summed E-state index contributed by atoms with van der Waals surface area (Å²) in [5.41, 5.74) is 0. The Morgan fingerprint density at radius 2 is 1.44 bits per heavy atom. The maximum absolute atomic E-state index is 4.00. The monoisotopic (exact) mass is 130 g/mol. The first-order chi connectivity index (χ1) is 4.39. The van der Waals surface area contributed by atoms with Crippen LogP contribution in [-0.2, 0) is 0 Å². The predicted molar refractivity (Wildman–Crippen MR) is 40.6 cm³/mol. The SMILES string of the molecule is CC1CCCCC1.NN. The Labute approximate surface area is 57.6 Å². The van der Waals surface area contributed by atoms with Gasteiger partial charge in [-0.3, -0.25) is 11.7 Å². The van der Waals surface area contributed by atoms with Crippen molar-refractivity contribution in [1.29, 1.82) is 0 Å². The van der Waals surface area contributed by atoms with Crippen LogP contribution in [-0.4, -0.2) is 0 Å². The maximum Gasteiger partial charge on any atom is -0.0443 e. The molecule has 1 rings (SSSR count). The van der Waals surface area contributed by atoms with Gasteiger partial charge in [-0.1, -0.05) is 39.0 Å². The Balaban J connectivity index is 0.000000291. The van der Waals surface area contributed by atoms with Crippen molar-refractivity contribution in [1.82, 2.24) is 0 Å². The summed E-state index contributed by atoms with van der Waals surface area (Å²) in [7, 11) is 0. The van der Waals surface area contributed by atoms with Gasteiger partial charge in [0, 0.05) is 0 Å². The molecule has 0 aromatic heterocycles. The Hall–Kier alpha value is -0.0800. The van der Waals surface area contributed by atoms with Crippen LogP contribution in [0.2, 0.25) is 0 Å². The summed E-state index contributed by atoms with van der Waals surface area (Å²) >= 11 is 0. The lowest BCUT2D eigenvalue weighted by Gasteiger charge is -2.15. The highest BCUT2D eigenvalue weighted by Gasteiger charge is 2.05. The fraction of sp³-hybridized carbons (Fsp3) is 1.00. The van der Waals surface area contributed by atoms with E-state index in [0.717, 1.165) is 5.92 Å². The van der Waals surface area contributed by atoms with Crippen molar-refractivity contribution >= 4 is 0 Å². The topological polar surface area (TPSA) is 52.0 Å². The van der Waals surface area contributed by atoms with Gasteiger partial charge < -0.3 is 0 Å². The van der Waals surface area contributed by atoms with Crippen molar-refractivity contribution in [2.45, 2.75) is 39.0 Å². The lowest BCUT2D eigenvalue weighted by Crippen LogP contribution is -2.02. The third-order valence-electron chi connectivity index (χ3n) is 1.89. The van der Waals surface area contributed by atoms with Crippen LogP contribution in [0, 0.1) is 5.92 Å². The van der Waals surface area contributed by atoms with Gasteiger partial charge in [0.2, 0.25) is 0 Å². The normalized spacial score (nSPS) is 20.3. The molecule has 0 unspecified atom stereocenters. The van der Waals surface area contributed by atoms with E-state index in [2.05, 4.69) is 18.6 Å². The van der Waals surface area contributed by atoms with Crippen LogP contribution in [0.5, 0.6) is 0 Å². The molecule has 1 fully saturated rings. The second-order valence-corrected chi connectivity index (χ2v) is 2.74. The molecule has 0 spiro atoms. The molecule has 0 saturated heterocycles. The van der Waals surface area contributed by atoms with E-state index in [9.17, 15) is 0 Å². The predicted octanol–water partition coefficient (Wildman–Crippen LogP) is 1.41. The molecule has 1 aliphatic rings. The van der Waals surface area contributed by atoms with Crippen molar-refractivity contribution in [3.63, 3.8) is 0 Å². The van der Waals surface area contributed by atoms with E-state index in [1.165, 1.54) is 32.1 Å². The van der Waals surface area contributed by atoms with Crippen LogP contribution in [0.4, 0.5) is 0 Å². The zero-order valence-electron chi connectivity index (χ0n) is 6.27. The van der Waals surface area contributed by atoms with Crippen molar-refractivity contribution in [2.75, 3.05) is 0 Å². The number of hydrogen-bond donors (Lipinski definition) is 2. The molecule has 0 aromatic carbocycles. The van der Waals surface area contributed by atoms with E-state index in [1.54, 1.807) is 0 Å². The van der Waals surface area contributed by atoms with E-state index in [4.69, 9.17) is 0 Å². The van der Waals surface area contributed by atoms with E-state index in [1.807, 2.05) is 0 Å². The number of rotatable bonds is 0. The molecule has 0 radical (unpaired) electrons. The van der Waals surface area contributed by atoms with Gasteiger partial charge in [0.1, 0.15) is 0 Å². The highest BCUT2D eigenvalue weighted by molar-refractivity contribution is 4.59. The first kappa shape index (κ1) is 8.92. The first-order valence-corrected chi connectivity index (χ1v) is 3.73. The minimum Gasteiger partial charge on any atom is -0.274 e. The number of hydrazine groups is 1. The van der Waals surface area contributed by atoms with Crippen LogP contribution in [0.1, 0.15) is 39.0 Å². The molecule has 1 saturated carbocycles. The molecule has 0 bridgehead atoms. The van der Waals surface area contributed by atoms with Gasteiger partial charge in [-0.15, -0.1) is 0 Å². The van der Waals surface area contributed by atoms with Gasteiger partial charge >= 0.3 is 0 Å². The van der Waals surface area contributed by atoms with Crippen LogP contribution < -0.4 is 11.7 Å². The Kier molecular flexibility index (Phi) is 5.99. The van der Waals surface area contributed by atoms with Crippen molar-refractivity contribution in [3.8, 4) is 0 Å². The van der Waals surface area contributed by atoms with Gasteiger partial charge in [-0.2, -0.15) is 0 Å².